The Kier molecular flexibility index (Phi) is 9.37. The zero-order valence-electron chi connectivity index (χ0n) is 16.9. The molecule has 2 heterocycles. The maximum atomic E-state index is 12.8. The molecule has 166 valence electrons. The Balaban J connectivity index is 0.00000320. The van der Waals surface area contributed by atoms with Gasteiger partial charge in [-0.1, -0.05) is 6.07 Å². The van der Waals surface area contributed by atoms with Crippen LogP contribution in [0.5, 0.6) is 17.2 Å². The quantitative estimate of drug-likeness (QED) is 0.295. The zero-order chi connectivity index (χ0) is 20.8. The van der Waals surface area contributed by atoms with Crippen LogP contribution >= 0.6 is 35.3 Å². The lowest BCUT2D eigenvalue weighted by Gasteiger charge is -2.24. The maximum absolute atomic E-state index is 12.8. The molecule has 1 unspecified atom stereocenters. The summed E-state index contributed by atoms with van der Waals surface area (Å²) in [7, 11) is 5.69. The predicted molar refractivity (Wildman–Crippen MR) is 124 cm³/mol. The number of nitrogens with one attached hydrogen (secondary N) is 2. The summed E-state index contributed by atoms with van der Waals surface area (Å²) < 4.78 is 40.8. The minimum Gasteiger partial charge on any atom is -0.454 e. The molecule has 0 saturated heterocycles. The van der Waals surface area contributed by atoms with E-state index in [0.29, 0.717) is 29.6 Å². The van der Waals surface area contributed by atoms with E-state index in [-0.39, 0.29) is 49.1 Å². The average molecular weight is 554 g/mol. The lowest BCUT2D eigenvalue weighted by Crippen LogP contribution is -2.41. The second-order valence-corrected chi connectivity index (χ2v) is 7.47. The number of ether oxygens (including phenoxy) is 3. The number of hydrogen-bond acceptors (Lipinski definition) is 6. The van der Waals surface area contributed by atoms with Crippen LogP contribution in [0.3, 0.4) is 0 Å². The van der Waals surface area contributed by atoms with Crippen LogP contribution in [0.2, 0.25) is 0 Å². The highest BCUT2D eigenvalue weighted by atomic mass is 127. The van der Waals surface area contributed by atoms with Gasteiger partial charge in [-0.2, -0.15) is 8.78 Å². The fraction of sp³-hybridized carbons (Fsp3) is 0.421. The molecular weight excluding hydrogens is 529 g/mol. The molecule has 1 aromatic carbocycles. The van der Waals surface area contributed by atoms with E-state index in [4.69, 9.17) is 9.47 Å². The SMILES string of the molecule is CN=C(NCc1cc2c(cc1OC(F)F)OCO2)NCC(c1cccs1)N(C)C.I. The van der Waals surface area contributed by atoms with Gasteiger partial charge in [0.15, 0.2) is 17.5 Å². The standard InChI is InChI=1S/C19H24F2N4O3S.HI/c1-22-19(24-10-13(25(2)3)17-5-4-6-29-17)23-9-12-7-15-16(27-11-26-15)8-14(12)28-18(20)21;/h4-8,13,18H,9-11H2,1-3H3,(H2,22,23,24);1H. The highest BCUT2D eigenvalue weighted by Crippen LogP contribution is 2.38. The van der Waals surface area contributed by atoms with Gasteiger partial charge in [0, 0.05) is 36.6 Å². The summed E-state index contributed by atoms with van der Waals surface area (Å²) in [5, 5.41) is 8.46. The number of guanidine groups is 1. The highest BCUT2D eigenvalue weighted by Gasteiger charge is 2.20. The summed E-state index contributed by atoms with van der Waals surface area (Å²) in [4.78, 5) is 7.57. The second kappa shape index (κ2) is 11.5. The Bertz CT molecular complexity index is 837. The molecule has 0 fully saturated rings. The molecule has 1 atom stereocenters. The number of thiophene rings is 1. The summed E-state index contributed by atoms with van der Waals surface area (Å²) in [6.45, 7) is -2.02. The van der Waals surface area contributed by atoms with E-state index in [0.717, 1.165) is 0 Å². The number of rotatable bonds is 8. The van der Waals surface area contributed by atoms with Gasteiger partial charge in [0.05, 0.1) is 6.04 Å². The van der Waals surface area contributed by atoms with Gasteiger partial charge in [0.1, 0.15) is 5.75 Å². The largest absolute Gasteiger partial charge is 0.454 e. The van der Waals surface area contributed by atoms with Gasteiger partial charge in [-0.15, -0.1) is 35.3 Å². The topological polar surface area (TPSA) is 67.4 Å². The molecule has 7 nitrogen and oxygen atoms in total. The molecule has 0 saturated carbocycles. The molecule has 3 rings (SSSR count). The summed E-state index contributed by atoms with van der Waals surface area (Å²) in [5.74, 6) is 1.47. The van der Waals surface area contributed by atoms with Crippen molar-refractivity contribution in [3.63, 3.8) is 0 Å². The minimum atomic E-state index is -2.93. The van der Waals surface area contributed by atoms with Gasteiger partial charge in [0.25, 0.3) is 0 Å². The van der Waals surface area contributed by atoms with Gasteiger partial charge in [-0.25, -0.2) is 0 Å². The third-order valence-electron chi connectivity index (χ3n) is 4.40. The predicted octanol–water partition coefficient (Wildman–Crippen LogP) is 3.66. The van der Waals surface area contributed by atoms with Crippen molar-refractivity contribution in [3.05, 3.63) is 40.1 Å². The van der Waals surface area contributed by atoms with E-state index in [2.05, 4.69) is 31.3 Å². The molecule has 2 N–H and O–H groups in total. The van der Waals surface area contributed by atoms with Crippen molar-refractivity contribution in [1.29, 1.82) is 0 Å². The number of alkyl halides is 2. The van der Waals surface area contributed by atoms with E-state index >= 15 is 0 Å². The Morgan fingerprint density at radius 3 is 2.60 bits per heavy atom. The monoisotopic (exact) mass is 554 g/mol. The van der Waals surface area contributed by atoms with Crippen LogP contribution in [-0.2, 0) is 6.54 Å². The maximum Gasteiger partial charge on any atom is 0.387 e. The smallest absolute Gasteiger partial charge is 0.387 e. The first kappa shape index (κ1) is 24.4. The fourth-order valence-electron chi connectivity index (χ4n) is 2.92. The first-order valence-corrected chi connectivity index (χ1v) is 9.87. The molecular formula is C19H25F2IN4O3S. The Morgan fingerprint density at radius 1 is 1.27 bits per heavy atom. The average Bonchev–Trinajstić information content (AvgIpc) is 3.35. The van der Waals surface area contributed by atoms with Gasteiger partial charge < -0.3 is 29.7 Å². The van der Waals surface area contributed by atoms with Crippen LogP contribution in [0, 0.1) is 0 Å². The summed E-state index contributed by atoms with van der Waals surface area (Å²) in [6.07, 6.45) is 0. The summed E-state index contributed by atoms with van der Waals surface area (Å²) in [6, 6.07) is 7.34. The van der Waals surface area contributed by atoms with Crippen molar-refractivity contribution in [2.24, 2.45) is 4.99 Å². The molecule has 1 aromatic heterocycles. The second-order valence-electron chi connectivity index (χ2n) is 6.49. The number of nitrogens with zero attached hydrogens (tertiary/aromatic N) is 2. The van der Waals surface area contributed by atoms with Crippen LogP contribution in [0.4, 0.5) is 8.78 Å². The molecule has 0 bridgehead atoms. The zero-order valence-corrected chi connectivity index (χ0v) is 20.0. The van der Waals surface area contributed by atoms with Gasteiger partial charge in [-0.05, 0) is 31.6 Å². The van der Waals surface area contributed by atoms with Crippen LogP contribution in [0.1, 0.15) is 16.5 Å². The molecule has 1 aliphatic rings. The summed E-state index contributed by atoms with van der Waals surface area (Å²) in [5.41, 5.74) is 0.514. The van der Waals surface area contributed by atoms with Crippen molar-refractivity contribution in [2.45, 2.75) is 19.2 Å². The van der Waals surface area contributed by atoms with E-state index in [1.54, 1.807) is 24.5 Å². The molecule has 0 spiro atoms. The molecule has 1 aliphatic heterocycles. The Morgan fingerprint density at radius 2 is 2.00 bits per heavy atom. The number of benzene rings is 1. The Labute approximate surface area is 195 Å². The number of hydrogen-bond donors (Lipinski definition) is 2. The molecule has 0 aliphatic carbocycles. The van der Waals surface area contributed by atoms with Crippen LogP contribution in [0.25, 0.3) is 0 Å². The van der Waals surface area contributed by atoms with Crippen molar-refractivity contribution < 1.29 is 23.0 Å². The first-order valence-electron chi connectivity index (χ1n) is 8.99. The van der Waals surface area contributed by atoms with Crippen LogP contribution in [-0.4, -0.2) is 52.0 Å². The van der Waals surface area contributed by atoms with Gasteiger partial charge >= 0.3 is 6.61 Å². The van der Waals surface area contributed by atoms with Crippen molar-refractivity contribution in [2.75, 3.05) is 34.5 Å². The van der Waals surface area contributed by atoms with Crippen molar-refractivity contribution >= 4 is 41.3 Å². The lowest BCUT2D eigenvalue weighted by molar-refractivity contribution is -0.0505. The number of fused-ring (bicyclic) bond motifs is 1. The molecule has 11 heteroatoms. The third kappa shape index (κ3) is 6.32. The van der Waals surface area contributed by atoms with Crippen molar-refractivity contribution in [1.82, 2.24) is 15.5 Å². The molecule has 0 radical (unpaired) electrons. The number of likely N-dealkylation sites (N-methyl/N-ethyl adjacent to an activating group) is 1. The van der Waals surface area contributed by atoms with Crippen LogP contribution in [0.15, 0.2) is 34.6 Å². The van der Waals surface area contributed by atoms with Crippen LogP contribution < -0.4 is 24.8 Å². The molecule has 30 heavy (non-hydrogen) atoms. The number of aliphatic imine (C=N–C) groups is 1. The third-order valence-corrected chi connectivity index (χ3v) is 5.37. The highest BCUT2D eigenvalue weighted by molar-refractivity contribution is 14.0. The van der Waals surface area contributed by atoms with E-state index in [1.807, 2.05) is 25.5 Å². The first-order chi connectivity index (χ1) is 14.0. The Hall–Kier alpha value is -1.86. The summed E-state index contributed by atoms with van der Waals surface area (Å²) >= 11 is 1.69. The number of halogens is 3. The van der Waals surface area contributed by atoms with Gasteiger partial charge in [-0.3, -0.25) is 4.99 Å². The fourth-order valence-corrected chi connectivity index (χ4v) is 3.84. The molecule has 2 aromatic rings. The van der Waals surface area contributed by atoms with E-state index in [1.165, 1.54) is 10.9 Å². The lowest BCUT2D eigenvalue weighted by atomic mass is 10.1. The van der Waals surface area contributed by atoms with Crippen molar-refractivity contribution in [3.8, 4) is 17.2 Å². The van der Waals surface area contributed by atoms with E-state index < -0.39 is 6.61 Å². The normalized spacial score (nSPS) is 13.9. The molecule has 0 amide bonds. The van der Waals surface area contributed by atoms with Gasteiger partial charge in [0.2, 0.25) is 6.79 Å². The minimum absolute atomic E-state index is 0. The van der Waals surface area contributed by atoms with E-state index in [9.17, 15) is 8.78 Å².